The van der Waals surface area contributed by atoms with E-state index in [1.165, 1.54) is 26.1 Å². The van der Waals surface area contributed by atoms with E-state index in [2.05, 4.69) is 158 Å². The van der Waals surface area contributed by atoms with Crippen molar-refractivity contribution in [2.24, 2.45) is 0 Å². The first kappa shape index (κ1) is 32.4. The number of hydrogen-bond donors (Lipinski definition) is 0. The molecule has 6 aromatic carbocycles. The Hall–Kier alpha value is -2.08. The molecular formula is C36H28As2Au2. The zero-order chi connectivity index (χ0) is 25.8. The third-order valence-corrected chi connectivity index (χ3v) is 15.9. The summed E-state index contributed by atoms with van der Waals surface area (Å²) in [7, 11) is 0. The van der Waals surface area contributed by atoms with Gasteiger partial charge in [-0.15, -0.1) is 0 Å². The Morgan fingerprint density at radius 1 is 0.300 bits per heavy atom. The Labute approximate surface area is 279 Å². The maximum absolute atomic E-state index is 3.43. The number of benzene rings is 6. The molecule has 40 heavy (non-hydrogen) atoms. The van der Waals surface area contributed by atoms with Gasteiger partial charge >= 0.3 is 282 Å². The first-order chi connectivity index (χ1) is 18.9. The van der Waals surface area contributed by atoms with Gasteiger partial charge in [0.25, 0.3) is 0 Å². The zero-order valence-corrected chi connectivity index (χ0v) is 29.7. The average Bonchev–Trinajstić information content (AvgIpc) is 3.01. The van der Waals surface area contributed by atoms with E-state index in [4.69, 9.17) is 0 Å². The molecule has 4 heteroatoms. The van der Waals surface area contributed by atoms with Gasteiger partial charge in [0.2, 0.25) is 0 Å². The van der Waals surface area contributed by atoms with Crippen LogP contribution in [-0.2, 0) is 44.8 Å². The Kier molecular flexibility index (Phi) is 14.3. The van der Waals surface area contributed by atoms with E-state index in [0.717, 1.165) is 0 Å². The molecule has 0 spiro atoms. The van der Waals surface area contributed by atoms with Gasteiger partial charge in [0.05, 0.1) is 0 Å². The van der Waals surface area contributed by atoms with Gasteiger partial charge in [-0.05, 0) is 0 Å². The van der Waals surface area contributed by atoms with Crippen LogP contribution < -0.4 is 26.1 Å². The summed E-state index contributed by atoms with van der Waals surface area (Å²) in [5.41, 5.74) is 0. The molecule has 0 radical (unpaired) electrons. The standard InChI is InChI=1S/2C18H14As.2Au/c2*1-4-10-16(11-5-1)19(17-12-6-2-7-13-17)18-14-8-3-9-15-18;;/h2*1-14H;;/q2*-1;2*+1. The van der Waals surface area contributed by atoms with E-state index in [1.54, 1.807) is 0 Å². The number of hydrogen-bond acceptors (Lipinski definition) is 0. The molecule has 0 saturated carbocycles. The van der Waals surface area contributed by atoms with Crippen LogP contribution in [0.2, 0.25) is 0 Å². The first-order valence-electron chi connectivity index (χ1n) is 12.6. The van der Waals surface area contributed by atoms with Crippen LogP contribution in [0.1, 0.15) is 0 Å². The van der Waals surface area contributed by atoms with Crippen LogP contribution in [0.3, 0.4) is 0 Å². The fraction of sp³-hybridized carbons (Fsp3) is 0. The third kappa shape index (κ3) is 8.96. The van der Waals surface area contributed by atoms with Crippen LogP contribution in [-0.4, -0.2) is 29.3 Å². The molecule has 6 aromatic rings. The molecule has 0 aliphatic rings. The van der Waals surface area contributed by atoms with E-state index in [1.807, 2.05) is 24.3 Å². The quantitative estimate of drug-likeness (QED) is 0.175. The monoisotopic (exact) mass is 1000 g/mol. The second-order valence-electron chi connectivity index (χ2n) is 8.51. The minimum absolute atomic E-state index is 0. The van der Waals surface area contributed by atoms with Crippen LogP contribution in [0.4, 0.5) is 0 Å². The zero-order valence-electron chi connectivity index (χ0n) is 21.7. The molecule has 0 fully saturated rings. The predicted octanol–water partition coefficient (Wildman–Crippen LogP) is 4.00. The van der Waals surface area contributed by atoms with Gasteiger partial charge in [-0.2, -0.15) is 0 Å². The fourth-order valence-electron chi connectivity index (χ4n) is 4.21. The summed E-state index contributed by atoms with van der Waals surface area (Å²) in [6.07, 6.45) is 0. The summed E-state index contributed by atoms with van der Waals surface area (Å²) in [4.78, 5) is 0. The van der Waals surface area contributed by atoms with Gasteiger partial charge in [0, 0.05) is 0 Å². The Bertz CT molecular complexity index is 1180. The molecule has 0 amide bonds. The summed E-state index contributed by atoms with van der Waals surface area (Å²) in [6.45, 7) is 0. The van der Waals surface area contributed by atoms with Crippen LogP contribution in [0.5, 0.6) is 0 Å². The van der Waals surface area contributed by atoms with Gasteiger partial charge < -0.3 is 0 Å². The Morgan fingerprint density at radius 2 is 0.550 bits per heavy atom. The molecule has 0 N–H and O–H groups in total. The van der Waals surface area contributed by atoms with Crippen molar-refractivity contribution in [3.05, 3.63) is 182 Å². The second kappa shape index (κ2) is 17.7. The van der Waals surface area contributed by atoms with E-state index in [9.17, 15) is 0 Å². The molecule has 0 unspecified atom stereocenters. The third-order valence-electron chi connectivity index (χ3n) is 5.92. The summed E-state index contributed by atoms with van der Waals surface area (Å²) in [6, 6.07) is 66.9. The van der Waals surface area contributed by atoms with Crippen molar-refractivity contribution in [3.8, 4) is 0 Å². The normalized spacial score (nSPS) is 10.1. The van der Waals surface area contributed by atoms with E-state index >= 15 is 0 Å². The molecule has 0 atom stereocenters. The topological polar surface area (TPSA) is 0 Å². The molecule has 0 aliphatic carbocycles. The molecule has 0 aromatic heterocycles. The van der Waals surface area contributed by atoms with Crippen molar-refractivity contribution in [2.45, 2.75) is 0 Å². The SMILES string of the molecule is [Au+].[Au+].[c-]1ccccc1[As](c1ccccc1)c1ccccc1.[c-]1ccccc1[As](c1ccccc1)c1ccccc1. The summed E-state index contributed by atoms with van der Waals surface area (Å²) < 4.78 is 8.50. The first-order valence-corrected chi connectivity index (χ1v) is 18.3. The molecule has 0 saturated heterocycles. The molecule has 0 aliphatic heterocycles. The van der Waals surface area contributed by atoms with Gasteiger partial charge in [0.15, 0.2) is 0 Å². The van der Waals surface area contributed by atoms with Crippen LogP contribution >= 0.6 is 0 Å². The molecule has 0 heterocycles. The molecular weight excluding hydrogens is 976 g/mol. The molecule has 6 rings (SSSR count). The van der Waals surface area contributed by atoms with Crippen molar-refractivity contribution >= 4 is 55.4 Å². The molecule has 0 bridgehead atoms. The Morgan fingerprint density at radius 3 is 0.775 bits per heavy atom. The van der Waals surface area contributed by atoms with Crippen LogP contribution in [0, 0.1) is 12.1 Å². The average molecular weight is 1000 g/mol. The van der Waals surface area contributed by atoms with Crippen molar-refractivity contribution in [3.63, 3.8) is 0 Å². The van der Waals surface area contributed by atoms with Gasteiger partial charge in [-0.3, -0.25) is 0 Å². The molecule has 0 nitrogen and oxygen atoms in total. The molecule has 204 valence electrons. The van der Waals surface area contributed by atoms with Crippen LogP contribution in [0.15, 0.2) is 170 Å². The predicted molar refractivity (Wildman–Crippen MR) is 166 cm³/mol. The van der Waals surface area contributed by atoms with Crippen molar-refractivity contribution < 1.29 is 44.8 Å². The maximum atomic E-state index is 3.43. The van der Waals surface area contributed by atoms with Gasteiger partial charge in [-0.25, -0.2) is 0 Å². The minimum atomic E-state index is -1.45. The Balaban J connectivity index is 0.000000210. The van der Waals surface area contributed by atoms with Crippen molar-refractivity contribution in [2.75, 3.05) is 0 Å². The van der Waals surface area contributed by atoms with Crippen LogP contribution in [0.25, 0.3) is 0 Å². The summed E-state index contributed by atoms with van der Waals surface area (Å²) in [5.74, 6) is 0. The van der Waals surface area contributed by atoms with Gasteiger partial charge in [-0.1, -0.05) is 0 Å². The second-order valence-corrected chi connectivity index (χ2v) is 17.7. The van der Waals surface area contributed by atoms with Crippen molar-refractivity contribution in [1.29, 1.82) is 0 Å². The van der Waals surface area contributed by atoms with Crippen molar-refractivity contribution in [1.82, 2.24) is 0 Å². The summed E-state index contributed by atoms with van der Waals surface area (Å²) in [5, 5.41) is 0. The van der Waals surface area contributed by atoms with Gasteiger partial charge in [0.1, 0.15) is 0 Å². The summed E-state index contributed by atoms with van der Waals surface area (Å²) >= 11 is -2.89. The number of rotatable bonds is 6. The van der Waals surface area contributed by atoms with E-state index < -0.39 is 29.3 Å². The fourth-order valence-corrected chi connectivity index (χ4v) is 13.6. The van der Waals surface area contributed by atoms with E-state index in [-0.39, 0.29) is 44.8 Å². The van der Waals surface area contributed by atoms with E-state index in [0.29, 0.717) is 0 Å².